The van der Waals surface area contributed by atoms with Gasteiger partial charge in [0.15, 0.2) is 0 Å². The van der Waals surface area contributed by atoms with E-state index in [0.717, 1.165) is 5.69 Å². The van der Waals surface area contributed by atoms with Crippen molar-refractivity contribution in [3.63, 3.8) is 0 Å². The lowest BCUT2D eigenvalue weighted by atomic mass is 10.0. The molecule has 0 saturated heterocycles. The normalized spacial score (nSPS) is 11.6. The van der Waals surface area contributed by atoms with Crippen molar-refractivity contribution in [2.75, 3.05) is 7.11 Å². The average Bonchev–Trinajstić information content (AvgIpc) is 2.78. The fraction of sp³-hybridized carbons (Fsp3) is 0.308. The summed E-state index contributed by atoms with van der Waals surface area (Å²) in [6.45, 7) is 3.69. The van der Waals surface area contributed by atoms with Crippen LogP contribution in [0.3, 0.4) is 0 Å². The molecule has 0 radical (unpaired) electrons. The molecule has 0 bridgehead atoms. The number of halogens is 1. The minimum Gasteiger partial charge on any atom is -0.497 e. The maximum absolute atomic E-state index is 13.9. The van der Waals surface area contributed by atoms with E-state index in [1.165, 1.54) is 6.07 Å². The molecule has 0 aliphatic heterocycles. The topological polar surface area (TPSA) is 53.1 Å². The van der Waals surface area contributed by atoms with E-state index in [-0.39, 0.29) is 5.82 Å². The molecule has 1 aromatic heterocycles. The van der Waals surface area contributed by atoms with Gasteiger partial charge in [-0.05, 0) is 26.0 Å². The van der Waals surface area contributed by atoms with Crippen molar-refractivity contribution in [1.82, 2.24) is 9.55 Å². The van der Waals surface area contributed by atoms with Crippen molar-refractivity contribution >= 4 is 0 Å². The third kappa shape index (κ3) is 2.22. The van der Waals surface area contributed by atoms with E-state index in [1.54, 1.807) is 36.3 Å². The molecule has 0 aliphatic rings. The number of nitrogens with two attached hydrogens (primary N) is 1. The molecule has 0 fully saturated rings. The highest BCUT2D eigenvalue weighted by Gasteiger charge is 2.21. The monoisotopic (exact) mass is 249 g/mol. The Morgan fingerprint density at radius 1 is 1.39 bits per heavy atom. The highest BCUT2D eigenvalue weighted by atomic mass is 19.1. The van der Waals surface area contributed by atoms with E-state index in [2.05, 4.69) is 4.98 Å². The molecule has 0 aliphatic carbocycles. The number of imidazole rings is 1. The van der Waals surface area contributed by atoms with Gasteiger partial charge in [-0.15, -0.1) is 0 Å². The van der Waals surface area contributed by atoms with Crippen molar-refractivity contribution in [2.45, 2.75) is 19.4 Å². The molecule has 0 spiro atoms. The second-order valence-corrected chi connectivity index (χ2v) is 4.69. The highest BCUT2D eigenvalue weighted by Crippen LogP contribution is 2.25. The van der Waals surface area contributed by atoms with E-state index in [1.807, 2.05) is 13.8 Å². The maximum atomic E-state index is 13.9. The van der Waals surface area contributed by atoms with Gasteiger partial charge in [-0.2, -0.15) is 0 Å². The summed E-state index contributed by atoms with van der Waals surface area (Å²) in [5, 5.41) is 0. The maximum Gasteiger partial charge on any atom is 0.147 e. The predicted octanol–water partition coefficient (Wildman–Crippen LogP) is 2.21. The fourth-order valence-electron chi connectivity index (χ4n) is 1.77. The van der Waals surface area contributed by atoms with Crippen LogP contribution in [-0.4, -0.2) is 16.7 Å². The number of benzene rings is 1. The van der Waals surface area contributed by atoms with Crippen molar-refractivity contribution < 1.29 is 9.13 Å². The molecule has 96 valence electrons. The lowest BCUT2D eigenvalue weighted by Crippen LogP contribution is -2.31. The molecule has 2 N–H and O–H groups in total. The number of rotatable bonds is 3. The molecular weight excluding hydrogens is 233 g/mol. The molecule has 5 heteroatoms. The van der Waals surface area contributed by atoms with Gasteiger partial charge in [0, 0.05) is 6.07 Å². The molecule has 0 saturated carbocycles. The van der Waals surface area contributed by atoms with Crippen LogP contribution in [0, 0.1) is 5.82 Å². The van der Waals surface area contributed by atoms with E-state index in [4.69, 9.17) is 10.5 Å². The second kappa shape index (κ2) is 4.42. The molecule has 18 heavy (non-hydrogen) atoms. The number of nitrogens with zero attached hydrogens (tertiary/aromatic N) is 2. The van der Waals surface area contributed by atoms with Gasteiger partial charge in [0.05, 0.1) is 36.6 Å². The van der Waals surface area contributed by atoms with E-state index in [0.29, 0.717) is 11.4 Å². The Hall–Kier alpha value is -1.88. The molecule has 0 amide bonds. The fourth-order valence-corrected chi connectivity index (χ4v) is 1.77. The Bertz CT molecular complexity index is 558. The van der Waals surface area contributed by atoms with Crippen LogP contribution in [0.1, 0.15) is 19.5 Å². The summed E-state index contributed by atoms with van der Waals surface area (Å²) in [5.74, 6) is 0.236. The van der Waals surface area contributed by atoms with Gasteiger partial charge in [-0.3, -0.25) is 4.57 Å². The zero-order valence-corrected chi connectivity index (χ0v) is 10.6. The lowest BCUT2D eigenvalue weighted by molar-refractivity contribution is 0.413. The van der Waals surface area contributed by atoms with Crippen molar-refractivity contribution in [2.24, 2.45) is 5.73 Å². The SMILES string of the molecule is COc1ccc(F)c(-n2cncc2C(C)(C)N)c1. The molecule has 1 heterocycles. The molecule has 0 atom stereocenters. The van der Waals surface area contributed by atoms with Gasteiger partial charge in [-0.1, -0.05) is 0 Å². The smallest absolute Gasteiger partial charge is 0.147 e. The quantitative estimate of drug-likeness (QED) is 0.907. The van der Waals surface area contributed by atoms with Crippen LogP contribution in [-0.2, 0) is 5.54 Å². The van der Waals surface area contributed by atoms with Gasteiger partial charge in [0.2, 0.25) is 0 Å². The number of aromatic nitrogens is 2. The molecule has 1 aromatic carbocycles. The first-order chi connectivity index (χ1) is 8.43. The molecule has 2 rings (SSSR count). The van der Waals surface area contributed by atoms with Crippen LogP contribution < -0.4 is 10.5 Å². The van der Waals surface area contributed by atoms with Crippen LogP contribution in [0.5, 0.6) is 5.75 Å². The summed E-state index contributed by atoms with van der Waals surface area (Å²) >= 11 is 0. The summed E-state index contributed by atoms with van der Waals surface area (Å²) < 4.78 is 20.6. The zero-order chi connectivity index (χ0) is 13.3. The predicted molar refractivity (Wildman–Crippen MR) is 67.3 cm³/mol. The van der Waals surface area contributed by atoms with E-state index in [9.17, 15) is 4.39 Å². The third-order valence-corrected chi connectivity index (χ3v) is 2.71. The van der Waals surface area contributed by atoms with Crippen LogP contribution in [0.15, 0.2) is 30.7 Å². The Morgan fingerprint density at radius 3 is 2.72 bits per heavy atom. The van der Waals surface area contributed by atoms with Crippen molar-refractivity contribution in [3.8, 4) is 11.4 Å². The van der Waals surface area contributed by atoms with Gasteiger partial charge >= 0.3 is 0 Å². The Balaban J connectivity index is 2.59. The van der Waals surface area contributed by atoms with E-state index >= 15 is 0 Å². The number of hydrogen-bond donors (Lipinski definition) is 1. The number of methoxy groups -OCH3 is 1. The standard InChI is InChI=1S/C13H16FN3O/c1-13(2,15)12-7-16-8-17(12)11-6-9(18-3)4-5-10(11)14/h4-8H,15H2,1-3H3. The van der Waals surface area contributed by atoms with Crippen LogP contribution in [0.4, 0.5) is 4.39 Å². The summed E-state index contributed by atoms with van der Waals surface area (Å²) in [5.41, 5.74) is 6.55. The Labute approximate surface area is 105 Å². The number of hydrogen-bond acceptors (Lipinski definition) is 3. The Kier molecular flexibility index (Phi) is 3.09. The summed E-state index contributed by atoms with van der Waals surface area (Å²) in [4.78, 5) is 4.04. The van der Waals surface area contributed by atoms with Crippen molar-refractivity contribution in [3.05, 3.63) is 42.2 Å². The first-order valence-corrected chi connectivity index (χ1v) is 5.59. The van der Waals surface area contributed by atoms with Crippen LogP contribution in [0.2, 0.25) is 0 Å². The van der Waals surface area contributed by atoms with Gasteiger partial charge in [0.25, 0.3) is 0 Å². The average molecular weight is 249 g/mol. The van der Waals surface area contributed by atoms with E-state index < -0.39 is 5.54 Å². The van der Waals surface area contributed by atoms with Gasteiger partial charge in [-0.25, -0.2) is 9.37 Å². The van der Waals surface area contributed by atoms with Gasteiger partial charge < -0.3 is 10.5 Å². The first-order valence-electron chi connectivity index (χ1n) is 5.59. The molecular formula is C13H16FN3O. The summed E-state index contributed by atoms with van der Waals surface area (Å²) in [6.07, 6.45) is 3.18. The summed E-state index contributed by atoms with van der Waals surface area (Å²) in [7, 11) is 1.54. The largest absolute Gasteiger partial charge is 0.497 e. The minimum absolute atomic E-state index is 0.348. The van der Waals surface area contributed by atoms with Crippen molar-refractivity contribution in [1.29, 1.82) is 0 Å². The van der Waals surface area contributed by atoms with Crippen LogP contribution in [0.25, 0.3) is 5.69 Å². The second-order valence-electron chi connectivity index (χ2n) is 4.69. The lowest BCUT2D eigenvalue weighted by Gasteiger charge is -2.21. The zero-order valence-electron chi connectivity index (χ0n) is 10.6. The third-order valence-electron chi connectivity index (χ3n) is 2.71. The van der Waals surface area contributed by atoms with Crippen LogP contribution >= 0.6 is 0 Å². The highest BCUT2D eigenvalue weighted by molar-refractivity contribution is 5.42. The number of ether oxygens (including phenoxy) is 1. The summed E-state index contributed by atoms with van der Waals surface area (Å²) in [6, 6.07) is 4.55. The molecule has 0 unspecified atom stereocenters. The Morgan fingerprint density at radius 2 is 2.11 bits per heavy atom. The van der Waals surface area contributed by atoms with Gasteiger partial charge in [0.1, 0.15) is 11.6 Å². The molecule has 2 aromatic rings. The first kappa shape index (κ1) is 12.6. The minimum atomic E-state index is -0.605. The molecule has 4 nitrogen and oxygen atoms in total.